The molecular weight excluding hydrogens is 328 g/mol. The van der Waals surface area contributed by atoms with Gasteiger partial charge in [-0.05, 0) is 30.3 Å². The molecule has 8 nitrogen and oxygen atoms in total. The number of para-hydroxylation sites is 1. The Kier molecular flexibility index (Phi) is 5.67. The second-order valence-electron chi connectivity index (χ2n) is 5.02. The summed E-state index contributed by atoms with van der Waals surface area (Å²) in [6.07, 6.45) is -1.24. The summed E-state index contributed by atoms with van der Waals surface area (Å²) in [5.41, 5.74) is 0.245. The van der Waals surface area contributed by atoms with E-state index in [0.29, 0.717) is 11.3 Å². The maximum absolute atomic E-state index is 11.5. The van der Waals surface area contributed by atoms with Gasteiger partial charge in [-0.3, -0.25) is 14.9 Å². The Morgan fingerprint density at radius 3 is 2.36 bits per heavy atom. The lowest BCUT2D eigenvalue weighted by atomic mass is 9.97. The summed E-state index contributed by atoms with van der Waals surface area (Å²) in [5, 5.41) is 24.0. The van der Waals surface area contributed by atoms with Gasteiger partial charge in [0.2, 0.25) is 0 Å². The van der Waals surface area contributed by atoms with Crippen LogP contribution < -0.4 is 4.74 Å². The molecule has 0 saturated heterocycles. The standard InChI is InChI=1S/C17H16N2O6/c1-11(20)25-17(14-5-3-4-6-15(14)19(22)23)16(18-21)12-7-9-13(24-2)10-8-12/h3-10,17,21H,1-2H3/b18-16+. The highest BCUT2D eigenvalue weighted by atomic mass is 16.6. The summed E-state index contributed by atoms with van der Waals surface area (Å²) >= 11 is 0. The van der Waals surface area contributed by atoms with Crippen LogP contribution in [0.1, 0.15) is 24.2 Å². The quantitative estimate of drug-likeness (QED) is 0.283. The van der Waals surface area contributed by atoms with E-state index in [1.807, 2.05) is 0 Å². The Labute approximate surface area is 143 Å². The minimum absolute atomic E-state index is 0.0350. The van der Waals surface area contributed by atoms with E-state index >= 15 is 0 Å². The molecule has 0 aliphatic carbocycles. The molecule has 2 aromatic carbocycles. The van der Waals surface area contributed by atoms with Crippen molar-refractivity contribution in [1.29, 1.82) is 0 Å². The van der Waals surface area contributed by atoms with E-state index in [1.54, 1.807) is 30.3 Å². The second-order valence-corrected chi connectivity index (χ2v) is 5.02. The molecular formula is C17H16N2O6. The lowest BCUT2D eigenvalue weighted by molar-refractivity contribution is -0.386. The van der Waals surface area contributed by atoms with Gasteiger partial charge < -0.3 is 14.7 Å². The highest BCUT2D eigenvalue weighted by Crippen LogP contribution is 2.31. The van der Waals surface area contributed by atoms with Gasteiger partial charge in [0.05, 0.1) is 17.6 Å². The zero-order chi connectivity index (χ0) is 18.4. The summed E-state index contributed by atoms with van der Waals surface area (Å²) in [4.78, 5) is 22.2. The van der Waals surface area contributed by atoms with Gasteiger partial charge in [0.1, 0.15) is 11.5 Å². The van der Waals surface area contributed by atoms with Gasteiger partial charge in [-0.15, -0.1) is 0 Å². The van der Waals surface area contributed by atoms with Gasteiger partial charge in [-0.1, -0.05) is 17.3 Å². The van der Waals surface area contributed by atoms with Crippen molar-refractivity contribution in [3.05, 3.63) is 69.8 Å². The lowest BCUT2D eigenvalue weighted by Crippen LogP contribution is -2.21. The maximum Gasteiger partial charge on any atom is 0.303 e. The zero-order valence-corrected chi connectivity index (χ0v) is 13.6. The lowest BCUT2D eigenvalue weighted by Gasteiger charge is -2.19. The Bertz CT molecular complexity index is 801. The molecule has 0 aliphatic heterocycles. The van der Waals surface area contributed by atoms with E-state index in [1.165, 1.54) is 32.2 Å². The number of ether oxygens (including phenoxy) is 2. The summed E-state index contributed by atoms with van der Waals surface area (Å²) in [5.74, 6) is -0.0893. The normalized spacial score (nSPS) is 12.3. The molecule has 8 heteroatoms. The van der Waals surface area contributed by atoms with Gasteiger partial charge in [0, 0.05) is 18.6 Å². The number of hydrogen-bond acceptors (Lipinski definition) is 7. The molecule has 0 aliphatic rings. The van der Waals surface area contributed by atoms with Crippen LogP contribution in [-0.2, 0) is 9.53 Å². The van der Waals surface area contributed by atoms with Crippen molar-refractivity contribution < 1.29 is 24.4 Å². The summed E-state index contributed by atoms with van der Waals surface area (Å²) < 4.78 is 10.3. The first kappa shape index (κ1) is 17.9. The SMILES string of the molecule is COc1ccc(/C(=N\O)C(OC(C)=O)c2ccccc2[N+](=O)[O-])cc1. The highest BCUT2D eigenvalue weighted by Gasteiger charge is 2.30. The number of nitrogens with zero attached hydrogens (tertiary/aromatic N) is 2. The molecule has 25 heavy (non-hydrogen) atoms. The fraction of sp³-hybridized carbons (Fsp3) is 0.176. The van der Waals surface area contributed by atoms with Crippen LogP contribution in [0.15, 0.2) is 53.7 Å². The van der Waals surface area contributed by atoms with E-state index in [9.17, 15) is 20.1 Å². The average molecular weight is 344 g/mol. The minimum atomic E-state index is -1.24. The van der Waals surface area contributed by atoms with Crippen LogP contribution in [0.2, 0.25) is 0 Å². The Balaban J connectivity index is 2.55. The number of hydrogen-bond donors (Lipinski definition) is 1. The molecule has 0 amide bonds. The predicted molar refractivity (Wildman–Crippen MR) is 88.9 cm³/mol. The molecule has 1 unspecified atom stereocenters. The Hall–Kier alpha value is -3.42. The third kappa shape index (κ3) is 4.11. The van der Waals surface area contributed by atoms with Crippen molar-refractivity contribution in [3.8, 4) is 5.75 Å². The molecule has 0 heterocycles. The van der Waals surface area contributed by atoms with Gasteiger partial charge in [-0.25, -0.2) is 0 Å². The predicted octanol–water partition coefficient (Wildman–Crippen LogP) is 3.09. The van der Waals surface area contributed by atoms with Gasteiger partial charge >= 0.3 is 5.97 Å². The van der Waals surface area contributed by atoms with Crippen LogP contribution in [0.4, 0.5) is 5.69 Å². The van der Waals surface area contributed by atoms with Crippen molar-refractivity contribution in [2.24, 2.45) is 5.16 Å². The van der Waals surface area contributed by atoms with Crippen LogP contribution in [0.5, 0.6) is 5.75 Å². The fourth-order valence-corrected chi connectivity index (χ4v) is 2.33. The van der Waals surface area contributed by atoms with Crippen molar-refractivity contribution in [3.63, 3.8) is 0 Å². The molecule has 2 rings (SSSR count). The molecule has 0 aromatic heterocycles. The molecule has 1 atom stereocenters. The third-order valence-electron chi connectivity index (χ3n) is 3.44. The second kappa shape index (κ2) is 7.91. The maximum atomic E-state index is 11.5. The zero-order valence-electron chi connectivity index (χ0n) is 13.6. The fourth-order valence-electron chi connectivity index (χ4n) is 2.33. The number of nitro benzene ring substituents is 1. The van der Waals surface area contributed by atoms with Crippen molar-refractivity contribution in [2.45, 2.75) is 13.0 Å². The largest absolute Gasteiger partial charge is 0.497 e. The summed E-state index contributed by atoms with van der Waals surface area (Å²) in [6.45, 7) is 1.17. The molecule has 1 N–H and O–H groups in total. The first-order valence-corrected chi connectivity index (χ1v) is 7.24. The van der Waals surface area contributed by atoms with E-state index in [2.05, 4.69) is 5.16 Å². The van der Waals surface area contributed by atoms with E-state index in [4.69, 9.17) is 9.47 Å². The van der Waals surface area contributed by atoms with Crippen LogP contribution in [0.3, 0.4) is 0 Å². The third-order valence-corrected chi connectivity index (χ3v) is 3.44. The Morgan fingerprint density at radius 2 is 1.84 bits per heavy atom. The van der Waals surface area contributed by atoms with Gasteiger partial charge in [0.25, 0.3) is 5.69 Å². The van der Waals surface area contributed by atoms with Gasteiger partial charge in [-0.2, -0.15) is 0 Å². The smallest absolute Gasteiger partial charge is 0.303 e. The molecule has 0 saturated carbocycles. The van der Waals surface area contributed by atoms with E-state index in [-0.39, 0.29) is 17.0 Å². The summed E-state index contributed by atoms with van der Waals surface area (Å²) in [7, 11) is 1.51. The summed E-state index contributed by atoms with van der Waals surface area (Å²) in [6, 6.07) is 12.3. The van der Waals surface area contributed by atoms with Gasteiger partial charge in [0.15, 0.2) is 6.10 Å². The Morgan fingerprint density at radius 1 is 1.20 bits per heavy atom. The highest BCUT2D eigenvalue weighted by molar-refractivity contribution is 6.05. The first-order chi connectivity index (χ1) is 12.0. The average Bonchev–Trinajstić information content (AvgIpc) is 2.61. The van der Waals surface area contributed by atoms with E-state index < -0.39 is 17.0 Å². The van der Waals surface area contributed by atoms with Crippen LogP contribution in [0.25, 0.3) is 0 Å². The first-order valence-electron chi connectivity index (χ1n) is 7.24. The van der Waals surface area contributed by atoms with Crippen LogP contribution >= 0.6 is 0 Å². The van der Waals surface area contributed by atoms with Crippen molar-refractivity contribution >= 4 is 17.4 Å². The molecule has 2 aromatic rings. The number of oxime groups is 1. The molecule has 0 fully saturated rings. The number of carbonyl (C=O) groups is 1. The molecule has 0 radical (unpaired) electrons. The minimum Gasteiger partial charge on any atom is -0.497 e. The number of esters is 1. The number of carbonyl (C=O) groups excluding carboxylic acids is 1. The molecule has 130 valence electrons. The number of nitro groups is 1. The van der Waals surface area contributed by atoms with Crippen LogP contribution in [-0.4, -0.2) is 28.9 Å². The molecule has 0 spiro atoms. The van der Waals surface area contributed by atoms with E-state index in [0.717, 1.165) is 0 Å². The van der Waals surface area contributed by atoms with Crippen molar-refractivity contribution in [2.75, 3.05) is 7.11 Å². The topological polar surface area (TPSA) is 111 Å². The monoisotopic (exact) mass is 344 g/mol. The molecule has 0 bridgehead atoms. The number of methoxy groups -OCH3 is 1. The van der Waals surface area contributed by atoms with Crippen molar-refractivity contribution in [1.82, 2.24) is 0 Å². The number of rotatable bonds is 6. The number of benzene rings is 2. The van der Waals surface area contributed by atoms with Crippen LogP contribution in [0, 0.1) is 10.1 Å².